The number of carbonyl (C=O) groups is 1. The molecule has 0 unspecified atom stereocenters. The van der Waals surface area contributed by atoms with Gasteiger partial charge in [-0.3, -0.25) is 4.79 Å². The first-order chi connectivity index (χ1) is 15.4. The van der Waals surface area contributed by atoms with Gasteiger partial charge in [-0.1, -0.05) is 41.9 Å². The van der Waals surface area contributed by atoms with Gasteiger partial charge in [0.25, 0.3) is 5.91 Å². The lowest BCUT2D eigenvalue weighted by Gasteiger charge is -2.12. The highest BCUT2D eigenvalue weighted by atomic mass is 79.9. The van der Waals surface area contributed by atoms with Crippen LogP contribution in [0, 0.1) is 22.7 Å². The fourth-order valence-electron chi connectivity index (χ4n) is 2.77. The molecule has 5 nitrogen and oxygen atoms in total. The van der Waals surface area contributed by atoms with Crippen LogP contribution in [0.3, 0.4) is 0 Å². The van der Waals surface area contributed by atoms with Crippen LogP contribution in [0.5, 0.6) is 5.75 Å². The number of halogens is 3. The lowest BCUT2D eigenvalue weighted by molar-refractivity contribution is -0.112. The zero-order valence-corrected chi connectivity index (χ0v) is 20.3. The summed E-state index contributed by atoms with van der Waals surface area (Å²) in [7, 11) is 0. The molecule has 158 valence electrons. The molecular weight excluding hydrogens is 558 g/mol. The Kier molecular flexibility index (Phi) is 8.08. The average Bonchev–Trinajstić information content (AvgIpc) is 2.78. The van der Waals surface area contributed by atoms with Gasteiger partial charge in [-0.05, 0) is 73.8 Å². The molecule has 8 heteroatoms. The lowest BCUT2D eigenvalue weighted by atomic mass is 10.1. The van der Waals surface area contributed by atoms with Crippen molar-refractivity contribution in [1.82, 2.24) is 0 Å². The Labute approximate surface area is 207 Å². The van der Waals surface area contributed by atoms with Gasteiger partial charge in [0.2, 0.25) is 0 Å². The first kappa shape index (κ1) is 23.6. The monoisotopic (exact) mass is 569 g/mol. The number of rotatable bonds is 6. The Morgan fingerprint density at radius 3 is 2.38 bits per heavy atom. The minimum atomic E-state index is -0.568. The largest absolute Gasteiger partial charge is 0.486 e. The van der Waals surface area contributed by atoms with Gasteiger partial charge in [0.1, 0.15) is 24.0 Å². The van der Waals surface area contributed by atoms with Crippen LogP contribution in [0.15, 0.2) is 75.2 Å². The maximum atomic E-state index is 12.5. The SMILES string of the molecule is N#C/C(=C\c1cc(Br)c(OCc2ccccc2C#N)c(Br)c1)C(=O)Nc1ccccc1Cl. The summed E-state index contributed by atoms with van der Waals surface area (Å²) in [5.41, 5.74) is 2.26. The number of nitrogens with zero attached hydrogens (tertiary/aromatic N) is 2. The predicted molar refractivity (Wildman–Crippen MR) is 131 cm³/mol. The van der Waals surface area contributed by atoms with Crippen LogP contribution in [0.1, 0.15) is 16.7 Å². The number of benzene rings is 3. The van der Waals surface area contributed by atoms with Crippen LogP contribution in [-0.4, -0.2) is 5.91 Å². The summed E-state index contributed by atoms with van der Waals surface area (Å²) in [6.07, 6.45) is 1.47. The molecule has 0 aromatic heterocycles. The normalized spacial score (nSPS) is 10.7. The van der Waals surface area contributed by atoms with Gasteiger partial charge in [0.05, 0.1) is 31.3 Å². The molecule has 0 aliphatic rings. The van der Waals surface area contributed by atoms with Crippen molar-refractivity contribution < 1.29 is 9.53 Å². The van der Waals surface area contributed by atoms with E-state index in [1.807, 2.05) is 18.2 Å². The Morgan fingerprint density at radius 2 is 1.72 bits per heavy atom. The van der Waals surface area contributed by atoms with Crippen LogP contribution in [-0.2, 0) is 11.4 Å². The minimum Gasteiger partial charge on any atom is -0.486 e. The summed E-state index contributed by atoms with van der Waals surface area (Å²) in [5, 5.41) is 21.7. The smallest absolute Gasteiger partial charge is 0.266 e. The summed E-state index contributed by atoms with van der Waals surface area (Å²) < 4.78 is 7.14. The number of carbonyl (C=O) groups excluding carboxylic acids is 1. The lowest BCUT2D eigenvalue weighted by Crippen LogP contribution is -2.13. The van der Waals surface area contributed by atoms with Gasteiger partial charge in [-0.25, -0.2) is 0 Å². The summed E-state index contributed by atoms with van der Waals surface area (Å²) in [5.74, 6) is -0.0322. The zero-order chi connectivity index (χ0) is 23.1. The highest BCUT2D eigenvalue weighted by Crippen LogP contribution is 2.36. The topological polar surface area (TPSA) is 85.9 Å². The van der Waals surface area contributed by atoms with E-state index in [1.165, 1.54) is 6.08 Å². The second kappa shape index (κ2) is 11.0. The molecule has 0 fully saturated rings. The quantitative estimate of drug-likeness (QED) is 0.259. The van der Waals surface area contributed by atoms with Crippen molar-refractivity contribution in [2.24, 2.45) is 0 Å². The molecule has 0 saturated heterocycles. The second-order valence-corrected chi connectivity index (χ2v) is 8.59. The Morgan fingerprint density at radius 1 is 1.06 bits per heavy atom. The van der Waals surface area contributed by atoms with Crippen LogP contribution in [0.2, 0.25) is 5.02 Å². The zero-order valence-electron chi connectivity index (χ0n) is 16.4. The van der Waals surface area contributed by atoms with Gasteiger partial charge in [0.15, 0.2) is 0 Å². The van der Waals surface area contributed by atoms with E-state index in [1.54, 1.807) is 48.5 Å². The number of hydrogen-bond acceptors (Lipinski definition) is 4. The maximum Gasteiger partial charge on any atom is 0.266 e. The van der Waals surface area contributed by atoms with E-state index in [-0.39, 0.29) is 12.2 Å². The van der Waals surface area contributed by atoms with Gasteiger partial charge in [-0.2, -0.15) is 10.5 Å². The molecule has 3 rings (SSSR count). The highest BCUT2D eigenvalue weighted by Gasteiger charge is 2.14. The van der Waals surface area contributed by atoms with Gasteiger partial charge in [0, 0.05) is 5.56 Å². The Bertz CT molecular complexity index is 1270. The number of nitriles is 2. The van der Waals surface area contributed by atoms with Crippen molar-refractivity contribution in [1.29, 1.82) is 10.5 Å². The Hall–Kier alpha value is -3.10. The number of nitrogens with one attached hydrogen (secondary N) is 1. The van der Waals surface area contributed by atoms with Crippen molar-refractivity contribution in [2.45, 2.75) is 6.61 Å². The fourth-order valence-corrected chi connectivity index (χ4v) is 4.41. The molecule has 0 spiro atoms. The highest BCUT2D eigenvalue weighted by molar-refractivity contribution is 9.11. The first-order valence-corrected chi connectivity index (χ1v) is 11.2. The molecule has 0 bridgehead atoms. The standard InChI is InChI=1S/C24H14Br2ClN3O2/c25-19-10-15(9-18(13-29)24(31)30-22-8-4-3-7-21(22)27)11-20(26)23(19)32-14-17-6-2-1-5-16(17)12-28/h1-11H,14H2,(H,30,31)/b18-9+. The minimum absolute atomic E-state index is 0.0830. The Balaban J connectivity index is 1.80. The number of anilines is 1. The van der Waals surface area contributed by atoms with Crippen LogP contribution in [0.25, 0.3) is 6.08 Å². The van der Waals surface area contributed by atoms with E-state index in [4.69, 9.17) is 16.3 Å². The van der Waals surface area contributed by atoms with Gasteiger partial charge < -0.3 is 10.1 Å². The number of para-hydroxylation sites is 1. The number of ether oxygens (including phenoxy) is 1. The van der Waals surface area contributed by atoms with Crippen LogP contribution >= 0.6 is 43.5 Å². The molecule has 32 heavy (non-hydrogen) atoms. The van der Waals surface area contributed by atoms with E-state index >= 15 is 0 Å². The number of hydrogen-bond donors (Lipinski definition) is 1. The molecule has 0 radical (unpaired) electrons. The molecule has 0 heterocycles. The van der Waals surface area contributed by atoms with E-state index in [0.717, 1.165) is 5.56 Å². The van der Waals surface area contributed by atoms with Crippen molar-refractivity contribution in [2.75, 3.05) is 5.32 Å². The van der Waals surface area contributed by atoms with Crippen molar-refractivity contribution in [3.8, 4) is 17.9 Å². The third-order valence-electron chi connectivity index (χ3n) is 4.33. The summed E-state index contributed by atoms with van der Waals surface area (Å²) in [6, 6.07) is 21.5. The first-order valence-electron chi connectivity index (χ1n) is 9.20. The maximum absolute atomic E-state index is 12.5. The molecule has 0 atom stereocenters. The summed E-state index contributed by atoms with van der Waals surface area (Å²) in [6.45, 7) is 0.208. The average molecular weight is 572 g/mol. The predicted octanol–water partition coefficient (Wildman–Crippen LogP) is 6.86. The third-order valence-corrected chi connectivity index (χ3v) is 5.84. The third kappa shape index (κ3) is 5.77. The molecule has 0 saturated carbocycles. The molecule has 3 aromatic rings. The van der Waals surface area contributed by atoms with E-state index in [0.29, 0.717) is 36.5 Å². The van der Waals surface area contributed by atoms with E-state index in [2.05, 4.69) is 43.2 Å². The van der Waals surface area contributed by atoms with E-state index < -0.39 is 5.91 Å². The van der Waals surface area contributed by atoms with Crippen molar-refractivity contribution >= 4 is 61.1 Å². The van der Waals surface area contributed by atoms with Gasteiger partial charge >= 0.3 is 0 Å². The summed E-state index contributed by atoms with van der Waals surface area (Å²) in [4.78, 5) is 12.5. The van der Waals surface area contributed by atoms with Crippen molar-refractivity contribution in [3.05, 3.63) is 96.9 Å². The second-order valence-electron chi connectivity index (χ2n) is 6.48. The molecule has 3 aromatic carbocycles. The van der Waals surface area contributed by atoms with Gasteiger partial charge in [-0.15, -0.1) is 0 Å². The van der Waals surface area contributed by atoms with Crippen LogP contribution < -0.4 is 10.1 Å². The van der Waals surface area contributed by atoms with Crippen molar-refractivity contribution in [3.63, 3.8) is 0 Å². The molecule has 0 aliphatic carbocycles. The molecular formula is C24H14Br2ClN3O2. The fraction of sp³-hybridized carbons (Fsp3) is 0.0417. The molecule has 1 N–H and O–H groups in total. The molecule has 0 aliphatic heterocycles. The van der Waals surface area contributed by atoms with Crippen LogP contribution in [0.4, 0.5) is 5.69 Å². The number of amides is 1. The molecule has 1 amide bonds. The summed E-state index contributed by atoms with van der Waals surface area (Å²) >= 11 is 13.0. The van der Waals surface area contributed by atoms with E-state index in [9.17, 15) is 15.3 Å².